The zero-order valence-corrected chi connectivity index (χ0v) is 17.1. The summed E-state index contributed by atoms with van der Waals surface area (Å²) in [5.74, 6) is 0.371. The molecule has 4 nitrogen and oxygen atoms in total. The summed E-state index contributed by atoms with van der Waals surface area (Å²) < 4.78 is 36.2. The molecule has 29 heavy (non-hydrogen) atoms. The lowest BCUT2D eigenvalue weighted by Crippen LogP contribution is -2.31. The van der Waals surface area contributed by atoms with Crippen LogP contribution < -0.4 is 10.6 Å². The number of alkyl halides is 3. The average molecular weight is 433 g/mol. The van der Waals surface area contributed by atoms with Crippen molar-refractivity contribution in [2.24, 2.45) is 11.8 Å². The Morgan fingerprint density at radius 3 is 2.41 bits per heavy atom. The van der Waals surface area contributed by atoms with Gasteiger partial charge < -0.3 is 10.6 Å². The number of hydrogen-bond donors (Lipinski definition) is 2. The van der Waals surface area contributed by atoms with Gasteiger partial charge in [-0.05, 0) is 55.7 Å². The van der Waals surface area contributed by atoms with E-state index < -0.39 is 24.9 Å². The summed E-state index contributed by atoms with van der Waals surface area (Å²) >= 11 is 5.91. The van der Waals surface area contributed by atoms with Crippen LogP contribution in [0.1, 0.15) is 61.7 Å². The third-order valence-corrected chi connectivity index (χ3v) is 5.59. The van der Waals surface area contributed by atoms with Crippen LogP contribution in [-0.4, -0.2) is 31.1 Å². The molecule has 0 unspecified atom stereocenters. The van der Waals surface area contributed by atoms with Crippen molar-refractivity contribution >= 4 is 23.4 Å². The first-order valence-electron chi connectivity index (χ1n) is 10.1. The van der Waals surface area contributed by atoms with Crippen LogP contribution in [0.25, 0.3) is 0 Å². The van der Waals surface area contributed by atoms with Crippen LogP contribution in [0.4, 0.5) is 13.2 Å². The number of nitrogens with one attached hydrogen (secondary N) is 2. The maximum Gasteiger partial charge on any atom is 0.389 e. The van der Waals surface area contributed by atoms with Crippen LogP contribution in [0.15, 0.2) is 24.3 Å². The first kappa shape index (κ1) is 23.5. The van der Waals surface area contributed by atoms with E-state index >= 15 is 0 Å². The lowest BCUT2D eigenvalue weighted by Gasteiger charge is -2.28. The number of carbonyl (C=O) groups is 2. The second-order valence-electron chi connectivity index (χ2n) is 7.71. The van der Waals surface area contributed by atoms with Crippen LogP contribution >= 0.6 is 11.6 Å². The maximum absolute atomic E-state index is 12.2. The molecule has 0 spiro atoms. The summed E-state index contributed by atoms with van der Waals surface area (Å²) in [4.78, 5) is 23.5. The Balaban J connectivity index is 1.55. The molecule has 1 fully saturated rings. The Kier molecular flexibility index (Phi) is 9.27. The van der Waals surface area contributed by atoms with Crippen molar-refractivity contribution in [3.63, 3.8) is 0 Å². The van der Waals surface area contributed by atoms with Crippen LogP contribution in [0.3, 0.4) is 0 Å². The Labute approximate surface area is 174 Å². The molecule has 2 amide bonds. The van der Waals surface area contributed by atoms with Gasteiger partial charge in [0.05, 0.1) is 6.42 Å². The third kappa shape index (κ3) is 9.52. The fourth-order valence-electron chi connectivity index (χ4n) is 3.66. The van der Waals surface area contributed by atoms with Crippen molar-refractivity contribution in [2.45, 2.75) is 57.5 Å². The molecule has 1 aliphatic carbocycles. The first-order chi connectivity index (χ1) is 13.7. The molecule has 0 aliphatic heterocycles. The van der Waals surface area contributed by atoms with Gasteiger partial charge in [0.1, 0.15) is 0 Å². The van der Waals surface area contributed by atoms with E-state index in [4.69, 9.17) is 11.6 Å². The molecule has 0 heterocycles. The third-order valence-electron chi connectivity index (χ3n) is 5.35. The minimum absolute atomic E-state index is 0.115. The van der Waals surface area contributed by atoms with Gasteiger partial charge in [-0.2, -0.15) is 13.2 Å². The molecule has 0 saturated heterocycles. The topological polar surface area (TPSA) is 58.2 Å². The average Bonchev–Trinajstić information content (AvgIpc) is 2.68. The molecule has 0 radical (unpaired) electrons. The predicted molar refractivity (Wildman–Crippen MR) is 107 cm³/mol. The lowest BCUT2D eigenvalue weighted by molar-refractivity contribution is -0.144. The van der Waals surface area contributed by atoms with Gasteiger partial charge in [0.25, 0.3) is 5.91 Å². The highest BCUT2D eigenvalue weighted by Crippen LogP contribution is 2.31. The summed E-state index contributed by atoms with van der Waals surface area (Å²) in [6.45, 7) is 1.07. The number of amides is 2. The number of halogens is 4. The van der Waals surface area contributed by atoms with Gasteiger partial charge in [-0.3, -0.25) is 9.59 Å². The molecule has 2 rings (SSSR count). The molecular formula is C21H28ClF3N2O2. The van der Waals surface area contributed by atoms with Gasteiger partial charge in [0.2, 0.25) is 5.91 Å². The van der Waals surface area contributed by atoms with Crippen molar-refractivity contribution in [3.05, 3.63) is 34.9 Å². The van der Waals surface area contributed by atoms with E-state index in [1.54, 1.807) is 24.3 Å². The highest BCUT2D eigenvalue weighted by molar-refractivity contribution is 6.30. The number of hydrogen-bond acceptors (Lipinski definition) is 2. The summed E-state index contributed by atoms with van der Waals surface area (Å²) in [5, 5.41) is 6.07. The minimum Gasteiger partial charge on any atom is -0.356 e. The van der Waals surface area contributed by atoms with Gasteiger partial charge in [-0.1, -0.05) is 30.5 Å². The van der Waals surface area contributed by atoms with E-state index in [2.05, 4.69) is 10.6 Å². The van der Waals surface area contributed by atoms with E-state index in [0.29, 0.717) is 35.5 Å². The van der Waals surface area contributed by atoms with E-state index in [1.165, 1.54) is 0 Å². The van der Waals surface area contributed by atoms with Gasteiger partial charge in [0.15, 0.2) is 0 Å². The Hall–Kier alpha value is -1.76. The summed E-state index contributed by atoms with van der Waals surface area (Å²) in [6.07, 6.45) is 0.0891. The molecular weight excluding hydrogens is 405 g/mol. The summed E-state index contributed by atoms with van der Waals surface area (Å²) in [6, 6.07) is 6.87. The largest absolute Gasteiger partial charge is 0.389 e. The van der Waals surface area contributed by atoms with Crippen LogP contribution in [-0.2, 0) is 4.79 Å². The van der Waals surface area contributed by atoms with Gasteiger partial charge in [-0.15, -0.1) is 0 Å². The quantitative estimate of drug-likeness (QED) is 0.532. The predicted octanol–water partition coefficient (Wildman–Crippen LogP) is 5.12. The lowest BCUT2D eigenvalue weighted by atomic mass is 9.80. The van der Waals surface area contributed by atoms with Crippen molar-refractivity contribution in [2.75, 3.05) is 13.1 Å². The SMILES string of the molecule is O=C(CCC(F)(F)F)NCCCC1CCC(CNC(=O)c2cccc(Cl)c2)CC1. The monoisotopic (exact) mass is 432 g/mol. The van der Waals surface area contributed by atoms with Crippen LogP contribution in [0, 0.1) is 11.8 Å². The van der Waals surface area contributed by atoms with E-state index in [-0.39, 0.29) is 5.91 Å². The zero-order valence-electron chi connectivity index (χ0n) is 16.4. The molecule has 2 N–H and O–H groups in total. The second-order valence-corrected chi connectivity index (χ2v) is 8.15. The Morgan fingerprint density at radius 1 is 1.07 bits per heavy atom. The minimum atomic E-state index is -4.29. The van der Waals surface area contributed by atoms with E-state index in [0.717, 1.165) is 38.5 Å². The van der Waals surface area contributed by atoms with E-state index in [1.807, 2.05) is 0 Å². The number of carbonyl (C=O) groups excluding carboxylic acids is 2. The molecule has 1 aromatic carbocycles. The molecule has 1 aliphatic rings. The zero-order chi connectivity index (χ0) is 21.3. The fourth-order valence-corrected chi connectivity index (χ4v) is 3.85. The molecule has 1 aromatic rings. The van der Waals surface area contributed by atoms with Crippen molar-refractivity contribution in [1.82, 2.24) is 10.6 Å². The van der Waals surface area contributed by atoms with E-state index in [9.17, 15) is 22.8 Å². The van der Waals surface area contributed by atoms with Crippen molar-refractivity contribution < 1.29 is 22.8 Å². The normalized spacial score (nSPS) is 19.6. The molecule has 0 bridgehead atoms. The van der Waals surface area contributed by atoms with Gasteiger partial charge in [0, 0.05) is 30.1 Å². The Morgan fingerprint density at radius 2 is 1.76 bits per heavy atom. The standard InChI is InChI=1S/C21H28ClF3N2O2/c22-18-5-1-4-17(13-18)20(29)27-14-16-8-6-15(7-9-16)3-2-12-26-19(28)10-11-21(23,24)25/h1,4-5,13,15-16H,2-3,6-12,14H2,(H,26,28)(H,27,29). The molecule has 0 aromatic heterocycles. The summed E-state index contributed by atoms with van der Waals surface area (Å²) in [5.41, 5.74) is 0.559. The highest BCUT2D eigenvalue weighted by atomic mass is 35.5. The maximum atomic E-state index is 12.2. The first-order valence-corrected chi connectivity index (χ1v) is 10.5. The van der Waals surface area contributed by atoms with Crippen LogP contribution in [0.5, 0.6) is 0 Å². The summed E-state index contributed by atoms with van der Waals surface area (Å²) in [7, 11) is 0. The smallest absolute Gasteiger partial charge is 0.356 e. The highest BCUT2D eigenvalue weighted by Gasteiger charge is 2.27. The molecule has 8 heteroatoms. The van der Waals surface area contributed by atoms with Gasteiger partial charge in [-0.25, -0.2) is 0 Å². The van der Waals surface area contributed by atoms with Crippen molar-refractivity contribution in [3.8, 4) is 0 Å². The molecule has 1 saturated carbocycles. The number of benzene rings is 1. The van der Waals surface area contributed by atoms with Gasteiger partial charge >= 0.3 is 6.18 Å². The van der Waals surface area contributed by atoms with Crippen LogP contribution in [0.2, 0.25) is 5.02 Å². The van der Waals surface area contributed by atoms with Crippen molar-refractivity contribution in [1.29, 1.82) is 0 Å². The molecule has 162 valence electrons. The number of rotatable bonds is 9. The fraction of sp³-hybridized carbons (Fsp3) is 0.619. The molecule has 0 atom stereocenters. The second kappa shape index (κ2) is 11.4. The Bertz CT molecular complexity index is 674.